The van der Waals surface area contributed by atoms with E-state index in [0.717, 1.165) is 52.9 Å². The molecule has 0 atom stereocenters. The van der Waals surface area contributed by atoms with Crippen molar-refractivity contribution in [1.82, 2.24) is 24.8 Å². The summed E-state index contributed by atoms with van der Waals surface area (Å²) >= 11 is 12.7. The van der Waals surface area contributed by atoms with Crippen molar-refractivity contribution in [3.05, 3.63) is 79.9 Å². The number of aliphatic hydroxyl groups is 1. The maximum Gasteiger partial charge on any atom is 0.261 e. The molecule has 0 spiro atoms. The molecule has 2 aromatic carbocycles. The van der Waals surface area contributed by atoms with E-state index in [1.165, 1.54) is 10.9 Å². The Hall–Kier alpha value is -3.53. The highest BCUT2D eigenvalue weighted by atomic mass is 35.5. The fourth-order valence-corrected chi connectivity index (χ4v) is 6.63. The first-order chi connectivity index (χ1) is 20.7. The summed E-state index contributed by atoms with van der Waals surface area (Å²) in [5.74, 6) is -0.235. The number of pyridine rings is 1. The molecule has 0 radical (unpaired) electrons. The maximum atomic E-state index is 12.9. The van der Waals surface area contributed by atoms with Crippen molar-refractivity contribution >= 4 is 56.8 Å². The minimum atomic E-state index is -1.12. The number of benzene rings is 2. The Morgan fingerprint density at radius 1 is 1.00 bits per heavy atom. The Bertz CT molecular complexity index is 1780. The molecule has 0 bridgehead atoms. The number of rotatable bonds is 7. The second-order valence-corrected chi connectivity index (χ2v) is 12.4. The van der Waals surface area contributed by atoms with Crippen LogP contribution >= 0.6 is 23.2 Å². The Morgan fingerprint density at radius 2 is 1.77 bits per heavy atom. The average Bonchev–Trinajstić information content (AvgIpc) is 3.00. The quantitative estimate of drug-likeness (QED) is 0.289. The maximum absolute atomic E-state index is 12.9. The third-order valence-electron chi connectivity index (χ3n) is 8.61. The summed E-state index contributed by atoms with van der Waals surface area (Å²) in [6.07, 6.45) is 6.98. The molecule has 0 saturated carbocycles. The van der Waals surface area contributed by atoms with Gasteiger partial charge in [-0.2, -0.15) is 0 Å². The van der Waals surface area contributed by atoms with Crippen LogP contribution in [0.5, 0.6) is 0 Å². The molecule has 6 rings (SSSR count). The number of likely N-dealkylation sites (tertiary alicyclic amines) is 1. The highest BCUT2D eigenvalue weighted by Crippen LogP contribution is 2.33. The van der Waals surface area contributed by atoms with Gasteiger partial charge in [0.15, 0.2) is 0 Å². The largest absolute Gasteiger partial charge is 0.388 e. The van der Waals surface area contributed by atoms with Gasteiger partial charge in [0.25, 0.3) is 11.5 Å². The van der Waals surface area contributed by atoms with Gasteiger partial charge in [0.2, 0.25) is 5.91 Å². The number of aromatic nitrogens is 3. The summed E-state index contributed by atoms with van der Waals surface area (Å²) in [6, 6.07) is 10.3. The van der Waals surface area contributed by atoms with Crippen LogP contribution in [-0.4, -0.2) is 61.6 Å². The normalized spacial score (nSPS) is 16.3. The van der Waals surface area contributed by atoms with Crippen molar-refractivity contribution in [1.29, 1.82) is 0 Å². The smallest absolute Gasteiger partial charge is 0.261 e. The number of nitrogens with zero attached hydrogens (tertiary/aromatic N) is 4. The fraction of sp³-hybridized carbons (Fsp3) is 0.406. The van der Waals surface area contributed by atoms with E-state index in [1.54, 1.807) is 35.2 Å². The topological polar surface area (TPSA) is 117 Å². The van der Waals surface area contributed by atoms with Crippen molar-refractivity contribution in [3.63, 3.8) is 0 Å². The zero-order valence-corrected chi connectivity index (χ0v) is 25.3. The van der Waals surface area contributed by atoms with Crippen LogP contribution in [0.15, 0.2) is 47.5 Å². The van der Waals surface area contributed by atoms with Crippen LogP contribution in [-0.2, 0) is 24.2 Å². The predicted molar refractivity (Wildman–Crippen MR) is 167 cm³/mol. The summed E-state index contributed by atoms with van der Waals surface area (Å²) in [5, 5.41) is 16.6. The van der Waals surface area contributed by atoms with Gasteiger partial charge in [-0.1, -0.05) is 29.3 Å². The molecule has 1 aliphatic heterocycles. The second-order valence-electron chi connectivity index (χ2n) is 11.6. The fourth-order valence-electron chi connectivity index (χ4n) is 6.10. The number of aryl methyl sites for hydroxylation is 1. The van der Waals surface area contributed by atoms with E-state index in [4.69, 9.17) is 28.2 Å². The Morgan fingerprint density at radius 3 is 2.58 bits per heavy atom. The van der Waals surface area contributed by atoms with Crippen LogP contribution in [0.1, 0.15) is 60.1 Å². The molecular formula is C32H33Cl2N5O4. The molecule has 3 heterocycles. The van der Waals surface area contributed by atoms with E-state index in [-0.39, 0.29) is 30.3 Å². The number of amides is 2. The number of nitrogens with one attached hydrogen (secondary N) is 1. The molecule has 43 heavy (non-hydrogen) atoms. The Labute approximate surface area is 258 Å². The van der Waals surface area contributed by atoms with Gasteiger partial charge in [-0.15, -0.1) is 0 Å². The van der Waals surface area contributed by atoms with E-state index in [9.17, 15) is 19.5 Å². The molecule has 224 valence electrons. The zero-order chi connectivity index (χ0) is 30.1. The lowest BCUT2D eigenvalue weighted by Crippen LogP contribution is -2.49. The number of hydrogen-bond donors (Lipinski definition) is 2. The first-order valence-corrected chi connectivity index (χ1v) is 15.5. The number of hydrogen-bond acceptors (Lipinski definition) is 6. The van der Waals surface area contributed by atoms with Gasteiger partial charge in [0.1, 0.15) is 0 Å². The summed E-state index contributed by atoms with van der Waals surface area (Å²) in [6.45, 7) is 1.25. The van der Waals surface area contributed by atoms with Crippen molar-refractivity contribution in [2.45, 2.75) is 63.5 Å². The molecule has 1 saturated heterocycles. The van der Waals surface area contributed by atoms with E-state index in [0.29, 0.717) is 60.4 Å². The summed E-state index contributed by atoms with van der Waals surface area (Å²) in [5.41, 5.74) is 2.55. The van der Waals surface area contributed by atoms with Gasteiger partial charge in [0, 0.05) is 47.7 Å². The molecule has 0 unspecified atom stereocenters. The third kappa shape index (κ3) is 6.25. The molecule has 2 N–H and O–H groups in total. The van der Waals surface area contributed by atoms with Crippen LogP contribution in [0.3, 0.4) is 0 Å². The number of carbonyl (C=O) groups is 2. The van der Waals surface area contributed by atoms with Crippen molar-refractivity contribution in [3.8, 4) is 0 Å². The summed E-state index contributed by atoms with van der Waals surface area (Å²) < 4.78 is 1.42. The lowest BCUT2D eigenvalue weighted by atomic mass is 9.91. The summed E-state index contributed by atoms with van der Waals surface area (Å²) in [4.78, 5) is 49.4. The molecule has 2 amide bonds. The first kappa shape index (κ1) is 29.5. The molecular weight excluding hydrogens is 589 g/mol. The van der Waals surface area contributed by atoms with Crippen molar-refractivity contribution in [2.75, 3.05) is 19.6 Å². The van der Waals surface area contributed by atoms with Gasteiger partial charge in [-0.3, -0.25) is 23.9 Å². The van der Waals surface area contributed by atoms with Crippen molar-refractivity contribution < 1.29 is 14.7 Å². The number of carbonyl (C=O) groups excluding carboxylic acids is 2. The van der Waals surface area contributed by atoms with E-state index >= 15 is 0 Å². The van der Waals surface area contributed by atoms with Crippen LogP contribution < -0.4 is 10.9 Å². The highest BCUT2D eigenvalue weighted by molar-refractivity contribution is 6.36. The Balaban J connectivity index is 0.980. The number of fused-ring (bicyclic) bond motifs is 3. The number of piperidine rings is 1. The van der Waals surface area contributed by atoms with Gasteiger partial charge < -0.3 is 15.3 Å². The minimum Gasteiger partial charge on any atom is -0.388 e. The monoisotopic (exact) mass is 621 g/mol. The third-order valence-corrected chi connectivity index (χ3v) is 9.27. The van der Waals surface area contributed by atoms with Gasteiger partial charge >= 0.3 is 0 Å². The van der Waals surface area contributed by atoms with Crippen molar-refractivity contribution in [2.24, 2.45) is 0 Å². The van der Waals surface area contributed by atoms with E-state index in [2.05, 4.69) is 10.3 Å². The average molecular weight is 623 g/mol. The summed E-state index contributed by atoms with van der Waals surface area (Å²) in [7, 11) is 0. The molecule has 2 aromatic heterocycles. The molecule has 11 heteroatoms. The van der Waals surface area contributed by atoms with Crippen LogP contribution in [0.2, 0.25) is 10.0 Å². The van der Waals surface area contributed by atoms with Gasteiger partial charge in [-0.25, -0.2) is 4.98 Å². The van der Waals surface area contributed by atoms with Gasteiger partial charge in [0.05, 0.1) is 39.9 Å². The molecule has 4 aromatic rings. The lowest BCUT2D eigenvalue weighted by molar-refractivity contribution is -0.136. The number of halogens is 2. The lowest BCUT2D eigenvalue weighted by Gasteiger charge is -2.38. The zero-order valence-electron chi connectivity index (χ0n) is 23.7. The molecule has 9 nitrogen and oxygen atoms in total. The standard InChI is InChI=1S/C32H33Cl2N5O4/c33-21-8-10-24-26(17-21)36-19-39(31(24)42)18-32(43)11-14-38(15-12-32)28(40)6-3-13-35-30(41)20-7-9-23-27(16-20)37-25-5-2-1-4-22(25)29(23)34/h7-10,16-17,19,43H,1-6,11-15,18H2,(H,35,41). The van der Waals surface area contributed by atoms with E-state index in [1.807, 2.05) is 6.07 Å². The minimum absolute atomic E-state index is 0.0213. The predicted octanol–water partition coefficient (Wildman–Crippen LogP) is 4.69. The van der Waals surface area contributed by atoms with Crippen LogP contribution in [0, 0.1) is 0 Å². The van der Waals surface area contributed by atoms with Crippen LogP contribution in [0.4, 0.5) is 0 Å². The molecule has 1 aliphatic carbocycles. The first-order valence-electron chi connectivity index (χ1n) is 14.7. The second kappa shape index (κ2) is 12.2. The van der Waals surface area contributed by atoms with E-state index < -0.39 is 5.60 Å². The molecule has 1 fully saturated rings. The van der Waals surface area contributed by atoms with Crippen LogP contribution in [0.25, 0.3) is 21.8 Å². The Kier molecular flexibility index (Phi) is 8.40. The van der Waals surface area contributed by atoms with Gasteiger partial charge in [-0.05, 0) is 80.8 Å². The highest BCUT2D eigenvalue weighted by Gasteiger charge is 2.34. The molecule has 2 aliphatic rings. The SMILES string of the molecule is O=C(NCCCC(=O)N1CCC(O)(Cn2cnc3cc(Cl)ccc3c2=O)CC1)c1ccc2c(Cl)c3c(nc2c1)CCCC3.